The van der Waals surface area contributed by atoms with E-state index in [1.54, 1.807) is 41.5 Å². The normalized spacial score (nSPS) is 13.5. The molecule has 37 heavy (non-hydrogen) atoms. The van der Waals surface area contributed by atoms with Crippen LogP contribution >= 0.6 is 0 Å². The maximum absolute atomic E-state index is 12.1. The number of aliphatic carboxylic acids is 1. The van der Waals surface area contributed by atoms with E-state index in [0.717, 1.165) is 0 Å². The minimum Gasteiger partial charge on any atom is -0.480 e. The van der Waals surface area contributed by atoms with E-state index in [2.05, 4.69) is 0 Å². The smallest absolute Gasteiger partial charge is 0.480 e. The molecule has 3 atom stereocenters. The molecular formula is C25H37NO11. The molecule has 0 heterocycles. The molecule has 208 valence electrons. The van der Waals surface area contributed by atoms with Crippen LogP contribution in [0.5, 0.6) is 11.5 Å². The first-order valence-corrected chi connectivity index (χ1v) is 12.0. The predicted molar refractivity (Wildman–Crippen MR) is 131 cm³/mol. The molecule has 0 aliphatic rings. The summed E-state index contributed by atoms with van der Waals surface area (Å²) in [5.41, 5.74) is 5.53. The van der Waals surface area contributed by atoms with E-state index in [-0.39, 0.29) is 31.3 Å². The van der Waals surface area contributed by atoms with Gasteiger partial charge in [0.25, 0.3) is 0 Å². The van der Waals surface area contributed by atoms with Crippen LogP contribution < -0.4 is 15.2 Å². The highest BCUT2D eigenvalue weighted by molar-refractivity contribution is 5.75. The summed E-state index contributed by atoms with van der Waals surface area (Å²) in [6.07, 6.45) is -1.87. The van der Waals surface area contributed by atoms with Gasteiger partial charge in [0.1, 0.15) is 11.6 Å². The van der Waals surface area contributed by atoms with Gasteiger partial charge in [-0.15, -0.1) is 0 Å². The highest BCUT2D eigenvalue weighted by Crippen LogP contribution is 2.36. The number of carboxylic acids is 1. The standard InChI is InChI=1S/C25H37NO11/c1-7-11-32-22(29)35-17-10-9-16(13-18(17)36-23(30)33-12-8-2)19(20(26)21(27)28)15(3)14-34-24(31)37-25(4,5)6/h9-10,13,15,19-20H,7-8,11-12,14,26H2,1-6H3,(H,27,28)/t15?,19?,20-/m0/s1. The molecule has 0 aliphatic carbocycles. The maximum Gasteiger partial charge on any atom is 0.513 e. The van der Waals surface area contributed by atoms with Gasteiger partial charge in [-0.3, -0.25) is 4.79 Å². The van der Waals surface area contributed by atoms with Crippen molar-refractivity contribution >= 4 is 24.4 Å². The number of ether oxygens (including phenoxy) is 6. The summed E-state index contributed by atoms with van der Waals surface area (Å²) in [6.45, 7) is 10.3. The summed E-state index contributed by atoms with van der Waals surface area (Å²) in [5.74, 6) is -3.19. The van der Waals surface area contributed by atoms with Crippen molar-refractivity contribution in [1.82, 2.24) is 0 Å². The summed E-state index contributed by atoms with van der Waals surface area (Å²) < 4.78 is 30.5. The number of hydrogen-bond donors (Lipinski definition) is 2. The lowest BCUT2D eigenvalue weighted by molar-refractivity contribution is -0.139. The van der Waals surface area contributed by atoms with Crippen molar-refractivity contribution in [3.8, 4) is 11.5 Å². The van der Waals surface area contributed by atoms with Gasteiger partial charge in [-0.25, -0.2) is 14.4 Å². The fraction of sp³-hybridized carbons (Fsp3) is 0.600. The molecule has 0 fully saturated rings. The van der Waals surface area contributed by atoms with E-state index in [1.165, 1.54) is 18.2 Å². The highest BCUT2D eigenvalue weighted by atomic mass is 16.7. The van der Waals surface area contributed by atoms with Crippen LogP contribution in [0.25, 0.3) is 0 Å². The molecular weight excluding hydrogens is 490 g/mol. The molecule has 12 nitrogen and oxygen atoms in total. The number of hydrogen-bond acceptors (Lipinski definition) is 11. The fourth-order valence-corrected chi connectivity index (χ4v) is 3.13. The average molecular weight is 528 g/mol. The third-order valence-electron chi connectivity index (χ3n) is 4.73. The quantitative estimate of drug-likeness (QED) is 0.220. The van der Waals surface area contributed by atoms with Gasteiger partial charge in [-0.2, -0.15) is 0 Å². The van der Waals surface area contributed by atoms with Gasteiger partial charge in [0, 0.05) is 5.92 Å². The van der Waals surface area contributed by atoms with Crippen LogP contribution in [0, 0.1) is 5.92 Å². The Bertz CT molecular complexity index is 926. The molecule has 0 bridgehead atoms. The Balaban J connectivity index is 3.29. The van der Waals surface area contributed by atoms with Gasteiger partial charge in [-0.1, -0.05) is 26.8 Å². The molecule has 0 aromatic heterocycles. The lowest BCUT2D eigenvalue weighted by atomic mass is 9.82. The minimum atomic E-state index is -1.42. The van der Waals surface area contributed by atoms with E-state index in [0.29, 0.717) is 18.4 Å². The first kappa shape index (κ1) is 31.5. The van der Waals surface area contributed by atoms with Crippen molar-refractivity contribution in [2.24, 2.45) is 11.7 Å². The molecule has 0 radical (unpaired) electrons. The molecule has 1 rings (SSSR count). The zero-order valence-corrected chi connectivity index (χ0v) is 22.1. The molecule has 0 aliphatic heterocycles. The zero-order chi connectivity index (χ0) is 28.2. The van der Waals surface area contributed by atoms with Gasteiger partial charge in [0.2, 0.25) is 0 Å². The minimum absolute atomic E-state index is 0.0960. The van der Waals surface area contributed by atoms with E-state index in [1.807, 2.05) is 0 Å². The van der Waals surface area contributed by atoms with Crippen molar-refractivity contribution in [1.29, 1.82) is 0 Å². The second-order valence-corrected chi connectivity index (χ2v) is 9.25. The molecule has 1 aromatic carbocycles. The molecule has 0 amide bonds. The fourth-order valence-electron chi connectivity index (χ4n) is 3.13. The number of nitrogens with two attached hydrogens (primary N) is 1. The van der Waals surface area contributed by atoms with Crippen LogP contribution in [0.2, 0.25) is 0 Å². The van der Waals surface area contributed by atoms with Crippen LogP contribution in [-0.4, -0.2) is 61.0 Å². The molecule has 0 spiro atoms. The molecule has 2 unspecified atom stereocenters. The van der Waals surface area contributed by atoms with Crippen LogP contribution in [0.4, 0.5) is 14.4 Å². The molecule has 1 aromatic rings. The number of benzene rings is 1. The SMILES string of the molecule is CCCOC(=O)Oc1ccc(C(C(C)COC(=O)OC(C)(C)C)[C@H](N)C(=O)O)cc1OC(=O)OCCC. The summed E-state index contributed by atoms with van der Waals surface area (Å²) in [7, 11) is 0. The van der Waals surface area contributed by atoms with E-state index < -0.39 is 47.9 Å². The number of carbonyl (C=O) groups excluding carboxylic acids is 3. The zero-order valence-electron chi connectivity index (χ0n) is 22.1. The first-order valence-electron chi connectivity index (χ1n) is 12.0. The van der Waals surface area contributed by atoms with Crippen LogP contribution in [-0.2, 0) is 23.7 Å². The van der Waals surface area contributed by atoms with E-state index in [9.17, 15) is 24.3 Å². The van der Waals surface area contributed by atoms with Crippen molar-refractivity contribution in [2.45, 2.75) is 71.9 Å². The summed E-state index contributed by atoms with van der Waals surface area (Å²) >= 11 is 0. The van der Waals surface area contributed by atoms with E-state index >= 15 is 0 Å². The van der Waals surface area contributed by atoms with Crippen LogP contribution in [0.15, 0.2) is 18.2 Å². The second kappa shape index (κ2) is 14.9. The maximum atomic E-state index is 12.1. The Kier molecular flexibility index (Phi) is 12.7. The molecule has 0 saturated heterocycles. The Morgan fingerprint density at radius 3 is 1.92 bits per heavy atom. The summed E-state index contributed by atoms with van der Waals surface area (Å²) in [5, 5.41) is 9.61. The topological polar surface area (TPSA) is 170 Å². The number of rotatable bonds is 12. The summed E-state index contributed by atoms with van der Waals surface area (Å²) in [6, 6.07) is 2.67. The highest BCUT2D eigenvalue weighted by Gasteiger charge is 2.33. The Hall–Kier alpha value is -3.54. The van der Waals surface area contributed by atoms with Crippen LogP contribution in [0.3, 0.4) is 0 Å². The molecule has 12 heteroatoms. The Labute approximate surface area is 216 Å². The van der Waals surface area contributed by atoms with Crippen LogP contribution in [0.1, 0.15) is 65.9 Å². The molecule has 3 N–H and O–H groups in total. The van der Waals surface area contributed by atoms with Gasteiger partial charge in [0.05, 0.1) is 19.8 Å². The lowest BCUT2D eigenvalue weighted by Gasteiger charge is -2.28. The Morgan fingerprint density at radius 2 is 1.43 bits per heavy atom. The second-order valence-electron chi connectivity index (χ2n) is 9.25. The largest absolute Gasteiger partial charge is 0.513 e. The average Bonchev–Trinajstić information content (AvgIpc) is 2.80. The molecule has 0 saturated carbocycles. The third-order valence-corrected chi connectivity index (χ3v) is 4.73. The van der Waals surface area contributed by atoms with Crippen molar-refractivity contribution in [2.75, 3.05) is 19.8 Å². The first-order chi connectivity index (χ1) is 17.3. The predicted octanol–water partition coefficient (Wildman–Crippen LogP) is 4.62. The van der Waals surface area contributed by atoms with Gasteiger partial charge in [-0.05, 0) is 57.2 Å². The number of carboxylic acid groups (broad SMARTS) is 1. The van der Waals surface area contributed by atoms with Gasteiger partial charge < -0.3 is 39.3 Å². The number of carbonyl (C=O) groups is 4. The summed E-state index contributed by atoms with van der Waals surface area (Å²) in [4.78, 5) is 47.9. The lowest BCUT2D eigenvalue weighted by Crippen LogP contribution is -2.41. The van der Waals surface area contributed by atoms with Gasteiger partial charge in [0.15, 0.2) is 11.5 Å². The van der Waals surface area contributed by atoms with Crippen molar-refractivity contribution in [3.63, 3.8) is 0 Å². The van der Waals surface area contributed by atoms with E-state index in [4.69, 9.17) is 34.2 Å². The Morgan fingerprint density at radius 1 is 0.892 bits per heavy atom. The van der Waals surface area contributed by atoms with Crippen molar-refractivity contribution < 1.29 is 52.7 Å². The van der Waals surface area contributed by atoms with Gasteiger partial charge >= 0.3 is 24.4 Å². The monoisotopic (exact) mass is 527 g/mol. The van der Waals surface area contributed by atoms with Crippen molar-refractivity contribution in [3.05, 3.63) is 23.8 Å². The third kappa shape index (κ3) is 11.4.